The zero-order valence-electron chi connectivity index (χ0n) is 13.2. The minimum Gasteiger partial charge on any atom is -0.341 e. The Labute approximate surface area is 130 Å². The Balaban J connectivity index is 1.90. The number of benzene rings is 1. The number of halogens is 2. The highest BCUT2D eigenvalue weighted by molar-refractivity contribution is 5.85. The van der Waals surface area contributed by atoms with Crippen molar-refractivity contribution in [2.75, 3.05) is 13.1 Å². The van der Waals surface area contributed by atoms with Crippen LogP contribution in [0, 0.1) is 17.6 Å². The molecule has 0 aromatic heterocycles. The molecule has 0 bridgehead atoms. The zero-order valence-corrected chi connectivity index (χ0v) is 13.2. The van der Waals surface area contributed by atoms with Crippen LogP contribution < -0.4 is 5.73 Å². The van der Waals surface area contributed by atoms with Crippen molar-refractivity contribution in [2.24, 2.45) is 11.7 Å². The summed E-state index contributed by atoms with van der Waals surface area (Å²) in [6.07, 6.45) is 3.57. The number of likely N-dealkylation sites (tertiary alicyclic amines) is 1. The lowest BCUT2D eigenvalue weighted by molar-refractivity contribution is -0.137. The summed E-state index contributed by atoms with van der Waals surface area (Å²) in [7, 11) is 0. The highest BCUT2D eigenvalue weighted by atomic mass is 19.2. The second kappa shape index (κ2) is 6.73. The molecule has 0 saturated carbocycles. The topological polar surface area (TPSA) is 46.3 Å². The van der Waals surface area contributed by atoms with Crippen molar-refractivity contribution < 1.29 is 13.6 Å². The van der Waals surface area contributed by atoms with Crippen LogP contribution in [0.25, 0.3) is 0 Å². The monoisotopic (exact) mass is 310 g/mol. The largest absolute Gasteiger partial charge is 0.341 e. The summed E-state index contributed by atoms with van der Waals surface area (Å²) in [4.78, 5) is 14.1. The molecule has 1 aliphatic rings. The minimum atomic E-state index is -0.845. The first-order valence-electron chi connectivity index (χ1n) is 7.79. The Morgan fingerprint density at radius 3 is 2.73 bits per heavy atom. The van der Waals surface area contributed by atoms with Crippen LogP contribution >= 0.6 is 0 Å². The molecular weight excluding hydrogens is 286 g/mol. The third-order valence-electron chi connectivity index (χ3n) is 4.18. The predicted molar refractivity (Wildman–Crippen MR) is 82.2 cm³/mol. The summed E-state index contributed by atoms with van der Waals surface area (Å²) in [6, 6.07) is 4.04. The van der Waals surface area contributed by atoms with Crippen molar-refractivity contribution in [3.8, 4) is 0 Å². The van der Waals surface area contributed by atoms with Gasteiger partial charge in [-0.1, -0.05) is 6.07 Å². The van der Waals surface area contributed by atoms with E-state index in [0.717, 1.165) is 37.4 Å². The second-order valence-corrected chi connectivity index (χ2v) is 6.77. The van der Waals surface area contributed by atoms with Gasteiger partial charge in [-0.25, -0.2) is 8.78 Å². The Kier molecular flexibility index (Phi) is 5.16. The number of amides is 1. The number of hydrogen-bond donors (Lipinski definition) is 1. The Morgan fingerprint density at radius 2 is 2.09 bits per heavy atom. The van der Waals surface area contributed by atoms with E-state index in [0.29, 0.717) is 18.9 Å². The lowest BCUT2D eigenvalue weighted by Gasteiger charge is -2.36. The molecule has 1 unspecified atom stereocenters. The second-order valence-electron chi connectivity index (χ2n) is 6.77. The molecule has 122 valence electrons. The van der Waals surface area contributed by atoms with Gasteiger partial charge in [0.05, 0.1) is 5.54 Å². The molecule has 1 amide bonds. The zero-order chi connectivity index (χ0) is 16.3. The van der Waals surface area contributed by atoms with Crippen molar-refractivity contribution in [3.63, 3.8) is 0 Å². The molecule has 1 aliphatic heterocycles. The third-order valence-corrected chi connectivity index (χ3v) is 4.18. The summed E-state index contributed by atoms with van der Waals surface area (Å²) in [6.45, 7) is 4.89. The molecule has 2 N–H and O–H groups in total. The quantitative estimate of drug-likeness (QED) is 0.929. The van der Waals surface area contributed by atoms with E-state index < -0.39 is 17.2 Å². The van der Waals surface area contributed by atoms with Crippen molar-refractivity contribution in [1.29, 1.82) is 0 Å². The van der Waals surface area contributed by atoms with E-state index in [1.54, 1.807) is 19.9 Å². The maximum Gasteiger partial charge on any atom is 0.242 e. The number of hydrogen-bond acceptors (Lipinski definition) is 2. The molecule has 2 rings (SSSR count). The number of aryl methyl sites for hydroxylation is 1. The third kappa shape index (κ3) is 4.26. The summed E-state index contributed by atoms with van der Waals surface area (Å²) in [5.41, 5.74) is 5.83. The van der Waals surface area contributed by atoms with E-state index in [1.807, 2.05) is 4.90 Å². The normalized spacial score (nSPS) is 19.3. The van der Waals surface area contributed by atoms with Crippen LogP contribution in [-0.4, -0.2) is 29.4 Å². The highest BCUT2D eigenvalue weighted by Gasteiger charge is 2.31. The standard InChI is InChI=1S/C17H24F2N2O/c1-17(2,20)16(22)21-9-3-4-13(11-21)6-5-12-7-8-14(18)15(19)10-12/h7-8,10,13H,3-6,9,11,20H2,1-2H3. The number of rotatable bonds is 4. The van der Waals surface area contributed by atoms with Gasteiger partial charge >= 0.3 is 0 Å². The molecule has 3 nitrogen and oxygen atoms in total. The molecule has 22 heavy (non-hydrogen) atoms. The summed E-state index contributed by atoms with van der Waals surface area (Å²) >= 11 is 0. The van der Waals surface area contributed by atoms with Crippen molar-refractivity contribution >= 4 is 5.91 Å². The van der Waals surface area contributed by atoms with Crippen molar-refractivity contribution in [3.05, 3.63) is 35.4 Å². The number of carbonyl (C=O) groups is 1. The molecule has 1 saturated heterocycles. The van der Waals surface area contributed by atoms with Gasteiger partial charge in [-0.3, -0.25) is 4.79 Å². The average molecular weight is 310 g/mol. The first-order valence-corrected chi connectivity index (χ1v) is 7.79. The van der Waals surface area contributed by atoms with Crippen LogP contribution in [0.3, 0.4) is 0 Å². The molecule has 5 heteroatoms. The minimum absolute atomic E-state index is 0.0231. The van der Waals surface area contributed by atoms with Gasteiger partial charge in [0.25, 0.3) is 0 Å². The fraction of sp³-hybridized carbons (Fsp3) is 0.588. The van der Waals surface area contributed by atoms with Crippen LogP contribution in [0.2, 0.25) is 0 Å². The summed E-state index contributed by atoms with van der Waals surface area (Å²) < 4.78 is 26.1. The first kappa shape index (κ1) is 16.9. The predicted octanol–water partition coefficient (Wildman–Crippen LogP) is 2.87. The molecular formula is C17H24F2N2O. The van der Waals surface area contributed by atoms with Crippen LogP contribution in [0.4, 0.5) is 8.78 Å². The molecule has 1 heterocycles. The Bertz CT molecular complexity index is 540. The van der Waals surface area contributed by atoms with Crippen LogP contribution in [0.5, 0.6) is 0 Å². The van der Waals surface area contributed by atoms with Crippen LogP contribution in [0.15, 0.2) is 18.2 Å². The molecule has 0 radical (unpaired) electrons. The smallest absolute Gasteiger partial charge is 0.242 e. The van der Waals surface area contributed by atoms with Gasteiger partial charge in [-0.2, -0.15) is 0 Å². The Morgan fingerprint density at radius 1 is 1.36 bits per heavy atom. The molecule has 1 aromatic carbocycles. The maximum absolute atomic E-state index is 13.2. The van der Waals surface area contributed by atoms with E-state index >= 15 is 0 Å². The number of carbonyl (C=O) groups excluding carboxylic acids is 1. The van der Waals surface area contributed by atoms with Gasteiger partial charge in [0, 0.05) is 13.1 Å². The number of piperidine rings is 1. The van der Waals surface area contributed by atoms with Crippen LogP contribution in [-0.2, 0) is 11.2 Å². The summed E-state index contributed by atoms with van der Waals surface area (Å²) in [5, 5.41) is 0. The van der Waals surface area contributed by atoms with E-state index in [1.165, 1.54) is 6.07 Å². The molecule has 1 aromatic rings. The molecule has 1 atom stereocenters. The first-order chi connectivity index (χ1) is 10.3. The van der Waals surface area contributed by atoms with Gasteiger partial charge in [0.2, 0.25) is 5.91 Å². The highest BCUT2D eigenvalue weighted by Crippen LogP contribution is 2.23. The van der Waals surface area contributed by atoms with Crippen LogP contribution in [0.1, 0.15) is 38.7 Å². The van der Waals surface area contributed by atoms with E-state index in [9.17, 15) is 13.6 Å². The van der Waals surface area contributed by atoms with E-state index in [-0.39, 0.29) is 5.91 Å². The van der Waals surface area contributed by atoms with Gasteiger partial charge in [-0.15, -0.1) is 0 Å². The lowest BCUT2D eigenvalue weighted by atomic mass is 9.90. The fourth-order valence-electron chi connectivity index (χ4n) is 2.96. The molecule has 1 fully saturated rings. The number of nitrogens with zero attached hydrogens (tertiary/aromatic N) is 1. The maximum atomic E-state index is 13.2. The lowest BCUT2D eigenvalue weighted by Crippen LogP contribution is -2.53. The number of nitrogens with two attached hydrogens (primary N) is 1. The molecule has 0 aliphatic carbocycles. The van der Waals surface area contributed by atoms with Gasteiger partial charge < -0.3 is 10.6 Å². The van der Waals surface area contributed by atoms with Gasteiger partial charge in [0.1, 0.15) is 0 Å². The summed E-state index contributed by atoms with van der Waals surface area (Å²) in [5.74, 6) is -1.26. The van der Waals surface area contributed by atoms with Crippen molar-refractivity contribution in [1.82, 2.24) is 4.90 Å². The average Bonchev–Trinajstić information content (AvgIpc) is 2.47. The fourth-order valence-corrected chi connectivity index (χ4v) is 2.96. The Hall–Kier alpha value is -1.49. The van der Waals surface area contributed by atoms with Gasteiger partial charge in [0.15, 0.2) is 11.6 Å². The van der Waals surface area contributed by atoms with E-state index in [4.69, 9.17) is 5.73 Å². The SMILES string of the molecule is CC(C)(N)C(=O)N1CCCC(CCc2ccc(F)c(F)c2)C1. The van der Waals surface area contributed by atoms with Gasteiger partial charge in [-0.05, 0) is 63.1 Å². The van der Waals surface area contributed by atoms with E-state index in [2.05, 4.69) is 0 Å². The van der Waals surface area contributed by atoms with Crippen molar-refractivity contribution in [2.45, 2.75) is 45.1 Å². The molecule has 0 spiro atoms.